The molecule has 0 bridgehead atoms. The number of rotatable bonds is 6. The van der Waals surface area contributed by atoms with Gasteiger partial charge in [-0.15, -0.1) is 35.3 Å². The van der Waals surface area contributed by atoms with Gasteiger partial charge in [0.2, 0.25) is 0 Å². The van der Waals surface area contributed by atoms with Crippen LogP contribution in [0.3, 0.4) is 0 Å². The molecule has 8 heteroatoms. The zero-order valence-electron chi connectivity index (χ0n) is 14.9. The summed E-state index contributed by atoms with van der Waals surface area (Å²) >= 11 is 5.24. The molecule has 0 spiro atoms. The first-order valence-electron chi connectivity index (χ1n) is 7.92. The Balaban J connectivity index is 0.00000312. The second-order valence-corrected chi connectivity index (χ2v) is 7.29. The smallest absolute Gasteiger partial charge is 0.192 e. The van der Waals surface area contributed by atoms with Gasteiger partial charge in [-0.3, -0.25) is 0 Å². The molecule has 1 aromatic carbocycles. The number of hydrogen-bond acceptors (Lipinski definition) is 4. The molecule has 0 saturated heterocycles. The van der Waals surface area contributed by atoms with Crippen molar-refractivity contribution in [2.75, 3.05) is 25.5 Å². The molecule has 0 aliphatic rings. The molecule has 0 fully saturated rings. The highest BCUT2D eigenvalue weighted by Crippen LogP contribution is 2.22. The van der Waals surface area contributed by atoms with Gasteiger partial charge in [-0.1, -0.05) is 34.1 Å². The maximum Gasteiger partial charge on any atom is 0.192 e. The van der Waals surface area contributed by atoms with Crippen LogP contribution >= 0.6 is 51.2 Å². The molecule has 0 aliphatic heterocycles. The van der Waals surface area contributed by atoms with Crippen molar-refractivity contribution in [1.29, 1.82) is 0 Å². The van der Waals surface area contributed by atoms with Gasteiger partial charge in [0, 0.05) is 30.5 Å². The van der Waals surface area contributed by atoms with Crippen LogP contribution in [0.15, 0.2) is 39.1 Å². The summed E-state index contributed by atoms with van der Waals surface area (Å²) in [7, 11) is 3.99. The fourth-order valence-electron chi connectivity index (χ4n) is 2.16. The van der Waals surface area contributed by atoms with Crippen LogP contribution in [0, 0.1) is 0 Å². The number of thiazole rings is 1. The van der Waals surface area contributed by atoms with E-state index in [0.717, 1.165) is 27.8 Å². The topological polar surface area (TPSA) is 52.6 Å². The van der Waals surface area contributed by atoms with E-state index in [-0.39, 0.29) is 30.0 Å². The monoisotopic (exact) mass is 537 g/mol. The Hall–Kier alpha value is -0.870. The summed E-state index contributed by atoms with van der Waals surface area (Å²) in [6.07, 6.45) is 0. The van der Waals surface area contributed by atoms with Gasteiger partial charge in [-0.2, -0.15) is 0 Å². The first-order chi connectivity index (χ1) is 11.5. The van der Waals surface area contributed by atoms with E-state index in [9.17, 15) is 0 Å². The lowest BCUT2D eigenvalue weighted by molar-refractivity contribution is 0.683. The van der Waals surface area contributed by atoms with E-state index < -0.39 is 0 Å². The van der Waals surface area contributed by atoms with Crippen molar-refractivity contribution in [2.24, 2.45) is 4.99 Å². The van der Waals surface area contributed by atoms with E-state index >= 15 is 0 Å². The largest absolute Gasteiger partial charge is 0.357 e. The Morgan fingerprint density at radius 3 is 2.68 bits per heavy atom. The van der Waals surface area contributed by atoms with Crippen LogP contribution in [-0.2, 0) is 6.54 Å². The Bertz CT molecular complexity index is 689. The molecule has 0 amide bonds. The average Bonchev–Trinajstić information content (AvgIpc) is 3.02. The van der Waals surface area contributed by atoms with Crippen LogP contribution in [0.1, 0.15) is 31.1 Å². The van der Waals surface area contributed by atoms with Crippen molar-refractivity contribution in [1.82, 2.24) is 15.6 Å². The van der Waals surface area contributed by atoms with Gasteiger partial charge in [0.15, 0.2) is 11.1 Å². The molecule has 0 aliphatic carbocycles. The van der Waals surface area contributed by atoms with Crippen LogP contribution in [0.4, 0.5) is 5.13 Å². The minimum Gasteiger partial charge on any atom is -0.357 e. The Kier molecular flexibility index (Phi) is 9.73. The lowest BCUT2D eigenvalue weighted by atomic mass is 10.1. The van der Waals surface area contributed by atoms with Gasteiger partial charge in [0.1, 0.15) is 0 Å². The molecule has 1 aromatic heterocycles. The fraction of sp³-hybridized carbons (Fsp3) is 0.412. The number of nitrogens with one attached hydrogen (secondary N) is 2. The third-order valence-electron chi connectivity index (χ3n) is 3.39. The molecule has 1 heterocycles. The van der Waals surface area contributed by atoms with E-state index in [0.29, 0.717) is 6.54 Å². The van der Waals surface area contributed by atoms with Crippen molar-refractivity contribution in [2.45, 2.75) is 26.4 Å². The molecule has 1 atom stereocenters. The minimum absolute atomic E-state index is 0. The molecule has 25 heavy (non-hydrogen) atoms. The van der Waals surface area contributed by atoms with Crippen molar-refractivity contribution < 1.29 is 0 Å². The minimum atomic E-state index is 0. The van der Waals surface area contributed by atoms with Crippen LogP contribution in [-0.4, -0.2) is 31.6 Å². The van der Waals surface area contributed by atoms with E-state index in [1.807, 2.05) is 31.1 Å². The van der Waals surface area contributed by atoms with Crippen molar-refractivity contribution in [3.63, 3.8) is 0 Å². The SMILES string of the molecule is CCNC(=NCc1csc(N(C)C)n1)NC(C)c1ccccc1Br.I. The van der Waals surface area contributed by atoms with E-state index in [1.165, 1.54) is 5.56 Å². The number of aromatic nitrogens is 1. The normalized spacial score (nSPS) is 12.3. The van der Waals surface area contributed by atoms with Gasteiger partial charge < -0.3 is 15.5 Å². The van der Waals surface area contributed by atoms with Crippen LogP contribution in [0.2, 0.25) is 0 Å². The van der Waals surface area contributed by atoms with Gasteiger partial charge in [0.05, 0.1) is 18.3 Å². The number of aliphatic imine (C=N–C) groups is 1. The zero-order valence-corrected chi connectivity index (χ0v) is 19.6. The van der Waals surface area contributed by atoms with Gasteiger partial charge in [0.25, 0.3) is 0 Å². The summed E-state index contributed by atoms with van der Waals surface area (Å²) in [6, 6.07) is 8.36. The van der Waals surface area contributed by atoms with Crippen molar-refractivity contribution in [3.8, 4) is 0 Å². The maximum atomic E-state index is 4.66. The van der Waals surface area contributed by atoms with Crippen LogP contribution in [0.5, 0.6) is 0 Å². The number of nitrogens with zero attached hydrogens (tertiary/aromatic N) is 3. The lowest BCUT2D eigenvalue weighted by Crippen LogP contribution is -2.38. The molecular weight excluding hydrogens is 513 g/mol. The molecular formula is C17H25BrIN5S. The third-order valence-corrected chi connectivity index (χ3v) is 5.17. The quantitative estimate of drug-likeness (QED) is 0.325. The Morgan fingerprint density at radius 1 is 1.36 bits per heavy atom. The highest BCUT2D eigenvalue weighted by atomic mass is 127. The molecule has 2 aromatic rings. The first kappa shape index (κ1) is 22.2. The number of guanidine groups is 1. The molecule has 138 valence electrons. The summed E-state index contributed by atoms with van der Waals surface area (Å²) in [5, 5.41) is 9.80. The lowest BCUT2D eigenvalue weighted by Gasteiger charge is -2.19. The number of benzene rings is 1. The van der Waals surface area contributed by atoms with Crippen molar-refractivity contribution in [3.05, 3.63) is 45.4 Å². The Morgan fingerprint density at radius 2 is 2.08 bits per heavy atom. The van der Waals surface area contributed by atoms with E-state index in [2.05, 4.69) is 67.9 Å². The number of halogens is 2. The summed E-state index contributed by atoms with van der Waals surface area (Å²) < 4.78 is 1.09. The molecule has 0 radical (unpaired) electrons. The van der Waals surface area contributed by atoms with Crippen LogP contribution < -0.4 is 15.5 Å². The molecule has 1 unspecified atom stereocenters. The second kappa shape index (κ2) is 11.0. The highest BCUT2D eigenvalue weighted by molar-refractivity contribution is 14.0. The first-order valence-corrected chi connectivity index (χ1v) is 9.59. The summed E-state index contributed by atoms with van der Waals surface area (Å²) in [5.41, 5.74) is 2.18. The molecule has 2 rings (SSSR count). The standard InChI is InChI=1S/C17H24BrN5S.HI/c1-5-19-16(20-10-13-11-24-17(22-13)23(3)4)21-12(2)14-8-6-7-9-15(14)18;/h6-9,11-12H,5,10H2,1-4H3,(H2,19,20,21);1H. The van der Waals surface area contributed by atoms with E-state index in [1.54, 1.807) is 11.3 Å². The van der Waals surface area contributed by atoms with Crippen LogP contribution in [0.25, 0.3) is 0 Å². The number of anilines is 1. The van der Waals surface area contributed by atoms with Crippen molar-refractivity contribution >= 4 is 62.3 Å². The highest BCUT2D eigenvalue weighted by Gasteiger charge is 2.11. The Labute approximate surface area is 179 Å². The third kappa shape index (κ3) is 6.74. The predicted octanol–water partition coefficient (Wildman–Crippen LogP) is 4.41. The van der Waals surface area contributed by atoms with Gasteiger partial charge in [-0.05, 0) is 25.5 Å². The van der Waals surface area contributed by atoms with Gasteiger partial charge in [-0.25, -0.2) is 9.98 Å². The average molecular weight is 538 g/mol. The van der Waals surface area contributed by atoms with Gasteiger partial charge >= 0.3 is 0 Å². The molecule has 2 N–H and O–H groups in total. The number of hydrogen-bond donors (Lipinski definition) is 2. The molecule has 0 saturated carbocycles. The maximum absolute atomic E-state index is 4.66. The second-order valence-electron chi connectivity index (χ2n) is 5.60. The molecule has 5 nitrogen and oxygen atoms in total. The fourth-order valence-corrected chi connectivity index (χ4v) is 3.54. The summed E-state index contributed by atoms with van der Waals surface area (Å²) in [6.45, 7) is 5.56. The zero-order chi connectivity index (χ0) is 17.5. The predicted molar refractivity (Wildman–Crippen MR) is 122 cm³/mol. The van der Waals surface area contributed by atoms with E-state index in [4.69, 9.17) is 0 Å². The summed E-state index contributed by atoms with van der Waals surface area (Å²) in [5.74, 6) is 0.792. The summed E-state index contributed by atoms with van der Waals surface area (Å²) in [4.78, 5) is 11.2.